The van der Waals surface area contributed by atoms with Gasteiger partial charge in [0.1, 0.15) is 6.04 Å². The maximum atomic E-state index is 12.5. The number of nitrogens with one attached hydrogen (secondary N) is 3. The Balaban J connectivity index is 1.92. The van der Waals surface area contributed by atoms with Crippen LogP contribution in [0.25, 0.3) is 0 Å². The number of urea groups is 1. The molecule has 0 aliphatic rings. The van der Waals surface area contributed by atoms with E-state index in [1.165, 1.54) is 5.56 Å². The van der Waals surface area contributed by atoms with Gasteiger partial charge in [-0.2, -0.15) is 0 Å². The summed E-state index contributed by atoms with van der Waals surface area (Å²) in [5, 5.41) is 8.22. The molecule has 2 rings (SSSR count). The van der Waals surface area contributed by atoms with Crippen LogP contribution in [0.15, 0.2) is 60.7 Å². The summed E-state index contributed by atoms with van der Waals surface area (Å²) in [6, 6.07) is 18.6. The molecule has 0 unspecified atom stereocenters. The summed E-state index contributed by atoms with van der Waals surface area (Å²) in [6.07, 6.45) is 1.84. The lowest BCUT2D eigenvalue weighted by atomic mass is 10.1. The largest absolute Gasteiger partial charge is 0.338 e. The summed E-state index contributed by atoms with van der Waals surface area (Å²) in [6.45, 7) is 2.96. The topological polar surface area (TPSA) is 70.2 Å². The van der Waals surface area contributed by atoms with Crippen LogP contribution in [0.1, 0.15) is 30.5 Å². The molecule has 0 aromatic heterocycles. The quantitative estimate of drug-likeness (QED) is 0.648. The van der Waals surface area contributed by atoms with Crippen molar-refractivity contribution in [2.24, 2.45) is 0 Å². The minimum atomic E-state index is -0.556. The SMILES string of the molecule is CCNC(=O)NC(=O)[C@H](NCCCc1ccccc1)c1ccccc1. The highest BCUT2D eigenvalue weighted by molar-refractivity contribution is 5.97. The number of benzene rings is 2. The Morgan fingerprint density at radius 2 is 1.60 bits per heavy atom. The van der Waals surface area contributed by atoms with Crippen LogP contribution in [0.4, 0.5) is 4.79 Å². The third kappa shape index (κ3) is 6.39. The lowest BCUT2D eigenvalue weighted by Crippen LogP contribution is -2.45. The van der Waals surface area contributed by atoms with Gasteiger partial charge in [-0.15, -0.1) is 0 Å². The molecule has 0 saturated heterocycles. The summed E-state index contributed by atoms with van der Waals surface area (Å²) in [5.74, 6) is -0.350. The summed E-state index contributed by atoms with van der Waals surface area (Å²) in [7, 11) is 0. The zero-order valence-corrected chi connectivity index (χ0v) is 14.5. The lowest BCUT2D eigenvalue weighted by molar-refractivity contribution is -0.122. The molecule has 0 radical (unpaired) electrons. The first kappa shape index (κ1) is 18.7. The average molecular weight is 339 g/mol. The number of aryl methyl sites for hydroxylation is 1. The van der Waals surface area contributed by atoms with Crippen molar-refractivity contribution < 1.29 is 9.59 Å². The first-order valence-corrected chi connectivity index (χ1v) is 8.61. The fraction of sp³-hybridized carbons (Fsp3) is 0.300. The third-order valence-electron chi connectivity index (χ3n) is 3.80. The van der Waals surface area contributed by atoms with Gasteiger partial charge in [-0.3, -0.25) is 10.1 Å². The van der Waals surface area contributed by atoms with E-state index in [1.807, 2.05) is 48.5 Å². The molecular weight excluding hydrogens is 314 g/mol. The van der Waals surface area contributed by atoms with Crippen molar-refractivity contribution in [1.29, 1.82) is 0 Å². The van der Waals surface area contributed by atoms with Crippen LogP contribution in [0, 0.1) is 0 Å². The Hall–Kier alpha value is -2.66. The lowest BCUT2D eigenvalue weighted by Gasteiger charge is -2.18. The van der Waals surface area contributed by atoms with Crippen LogP contribution in [-0.2, 0) is 11.2 Å². The minimum Gasteiger partial charge on any atom is -0.338 e. The average Bonchev–Trinajstić information content (AvgIpc) is 2.63. The molecular formula is C20H25N3O2. The summed E-state index contributed by atoms with van der Waals surface area (Å²) in [5.41, 5.74) is 2.11. The van der Waals surface area contributed by atoms with E-state index in [2.05, 4.69) is 28.1 Å². The van der Waals surface area contributed by atoms with Gasteiger partial charge in [0.25, 0.3) is 0 Å². The van der Waals surface area contributed by atoms with E-state index in [4.69, 9.17) is 0 Å². The van der Waals surface area contributed by atoms with Crippen molar-refractivity contribution in [3.8, 4) is 0 Å². The third-order valence-corrected chi connectivity index (χ3v) is 3.80. The number of imide groups is 1. The highest BCUT2D eigenvalue weighted by Gasteiger charge is 2.21. The molecule has 132 valence electrons. The summed E-state index contributed by atoms with van der Waals surface area (Å²) in [4.78, 5) is 24.1. The Morgan fingerprint density at radius 3 is 2.24 bits per heavy atom. The van der Waals surface area contributed by atoms with Gasteiger partial charge >= 0.3 is 6.03 Å². The molecule has 0 heterocycles. The van der Waals surface area contributed by atoms with Crippen molar-refractivity contribution in [3.05, 3.63) is 71.8 Å². The first-order chi connectivity index (χ1) is 12.2. The number of amides is 3. The minimum absolute atomic E-state index is 0.350. The highest BCUT2D eigenvalue weighted by Crippen LogP contribution is 2.13. The predicted octanol–water partition coefficient (Wildman–Crippen LogP) is 2.80. The van der Waals surface area contributed by atoms with Gasteiger partial charge in [0.2, 0.25) is 5.91 Å². The van der Waals surface area contributed by atoms with E-state index in [9.17, 15) is 9.59 Å². The van der Waals surface area contributed by atoms with Crippen LogP contribution < -0.4 is 16.0 Å². The molecule has 0 spiro atoms. The molecule has 2 aromatic rings. The number of carbonyl (C=O) groups is 2. The molecule has 0 aliphatic carbocycles. The van der Waals surface area contributed by atoms with Crippen molar-refractivity contribution >= 4 is 11.9 Å². The van der Waals surface area contributed by atoms with Crippen molar-refractivity contribution in [1.82, 2.24) is 16.0 Å². The maximum Gasteiger partial charge on any atom is 0.321 e. The van der Waals surface area contributed by atoms with Crippen molar-refractivity contribution in [2.45, 2.75) is 25.8 Å². The second-order valence-electron chi connectivity index (χ2n) is 5.74. The normalized spacial score (nSPS) is 11.6. The van der Waals surface area contributed by atoms with Crippen molar-refractivity contribution in [2.75, 3.05) is 13.1 Å². The van der Waals surface area contributed by atoms with E-state index in [0.29, 0.717) is 13.1 Å². The maximum absolute atomic E-state index is 12.5. The fourth-order valence-corrected chi connectivity index (χ4v) is 2.58. The molecule has 2 aromatic carbocycles. The smallest absolute Gasteiger partial charge is 0.321 e. The van der Waals surface area contributed by atoms with E-state index >= 15 is 0 Å². The number of hydrogen-bond donors (Lipinski definition) is 3. The Morgan fingerprint density at radius 1 is 0.960 bits per heavy atom. The van der Waals surface area contributed by atoms with Crippen LogP contribution in [0.5, 0.6) is 0 Å². The molecule has 5 heteroatoms. The Kier molecular flexibility index (Phi) is 7.66. The number of hydrogen-bond acceptors (Lipinski definition) is 3. The van der Waals surface area contributed by atoms with E-state index < -0.39 is 12.1 Å². The van der Waals surface area contributed by atoms with Gasteiger partial charge in [0, 0.05) is 6.54 Å². The molecule has 3 N–H and O–H groups in total. The Labute approximate surface area is 148 Å². The van der Waals surface area contributed by atoms with E-state index in [1.54, 1.807) is 6.92 Å². The molecule has 5 nitrogen and oxygen atoms in total. The Bertz CT molecular complexity index is 659. The fourth-order valence-electron chi connectivity index (χ4n) is 2.58. The number of rotatable bonds is 8. The summed E-state index contributed by atoms with van der Waals surface area (Å²) >= 11 is 0. The zero-order valence-electron chi connectivity index (χ0n) is 14.5. The molecule has 3 amide bonds. The van der Waals surface area contributed by atoms with Crippen LogP contribution in [-0.4, -0.2) is 25.0 Å². The van der Waals surface area contributed by atoms with Gasteiger partial charge in [0.15, 0.2) is 0 Å². The van der Waals surface area contributed by atoms with Crippen LogP contribution >= 0.6 is 0 Å². The first-order valence-electron chi connectivity index (χ1n) is 8.61. The van der Waals surface area contributed by atoms with Crippen LogP contribution in [0.2, 0.25) is 0 Å². The molecule has 1 atom stereocenters. The van der Waals surface area contributed by atoms with Gasteiger partial charge in [0.05, 0.1) is 0 Å². The van der Waals surface area contributed by atoms with Gasteiger partial charge < -0.3 is 10.6 Å². The predicted molar refractivity (Wildman–Crippen MR) is 99.2 cm³/mol. The molecule has 0 aliphatic heterocycles. The molecule has 0 fully saturated rings. The standard InChI is InChI=1S/C20H25N3O2/c1-2-21-20(25)23-19(24)18(17-13-7-4-8-14-17)22-15-9-12-16-10-5-3-6-11-16/h3-8,10-11,13-14,18,22H,2,9,12,15H2,1H3,(H2,21,23,24,25)/t18-/m1/s1. The molecule has 25 heavy (non-hydrogen) atoms. The van der Waals surface area contributed by atoms with E-state index in [0.717, 1.165) is 18.4 Å². The van der Waals surface area contributed by atoms with Crippen molar-refractivity contribution in [3.63, 3.8) is 0 Å². The van der Waals surface area contributed by atoms with E-state index in [-0.39, 0.29) is 5.91 Å². The monoisotopic (exact) mass is 339 g/mol. The second kappa shape index (κ2) is 10.3. The van der Waals surface area contributed by atoms with Gasteiger partial charge in [-0.25, -0.2) is 4.79 Å². The molecule has 0 saturated carbocycles. The number of carbonyl (C=O) groups excluding carboxylic acids is 2. The van der Waals surface area contributed by atoms with Gasteiger partial charge in [-0.05, 0) is 37.4 Å². The highest BCUT2D eigenvalue weighted by atomic mass is 16.2. The zero-order chi connectivity index (χ0) is 17.9. The van der Waals surface area contributed by atoms with Crippen LogP contribution in [0.3, 0.4) is 0 Å². The second-order valence-corrected chi connectivity index (χ2v) is 5.74. The van der Waals surface area contributed by atoms with Gasteiger partial charge in [-0.1, -0.05) is 60.7 Å². The summed E-state index contributed by atoms with van der Waals surface area (Å²) < 4.78 is 0. The molecule has 0 bridgehead atoms.